The van der Waals surface area contributed by atoms with Gasteiger partial charge in [-0.05, 0) is 13.5 Å². The van der Waals surface area contributed by atoms with Crippen molar-refractivity contribution in [1.29, 1.82) is 0 Å². The zero-order valence-corrected chi connectivity index (χ0v) is 11.0. The number of likely N-dealkylation sites (N-methyl/N-ethyl adjacent to an activating group) is 1. The minimum absolute atomic E-state index is 0.0272. The first-order valence-electron chi connectivity index (χ1n) is 6.17. The largest absolute Gasteiger partial charge is 0.406 e. The Kier molecular flexibility index (Phi) is 3.81. The number of aromatic nitrogens is 2. The van der Waals surface area contributed by atoms with Crippen molar-refractivity contribution in [2.45, 2.75) is 19.9 Å². The van der Waals surface area contributed by atoms with Gasteiger partial charge in [-0.1, -0.05) is 12.0 Å². The number of nitrogens with zero attached hydrogens (tertiary/aromatic N) is 4. The Balaban J connectivity index is 2.04. The molecule has 1 aliphatic rings. The summed E-state index contributed by atoms with van der Waals surface area (Å²) in [5.74, 6) is 0.624. The number of amides is 1. The van der Waals surface area contributed by atoms with Crippen LogP contribution in [-0.2, 0) is 4.79 Å². The average Bonchev–Trinajstić information content (AvgIpc) is 2.82. The molecule has 1 fully saturated rings. The quantitative estimate of drug-likeness (QED) is 0.815. The highest BCUT2D eigenvalue weighted by atomic mass is 16.4. The fourth-order valence-corrected chi connectivity index (χ4v) is 1.84. The normalized spacial score (nSPS) is 18.3. The Morgan fingerprint density at radius 1 is 1.44 bits per heavy atom. The number of rotatable bonds is 4. The lowest BCUT2D eigenvalue weighted by Crippen LogP contribution is -2.48. The van der Waals surface area contributed by atoms with Crippen molar-refractivity contribution in [2.24, 2.45) is 0 Å². The lowest BCUT2D eigenvalue weighted by Gasteiger charge is -2.30. The lowest BCUT2D eigenvalue weighted by molar-refractivity contribution is -0.129. The van der Waals surface area contributed by atoms with E-state index < -0.39 is 0 Å². The molecule has 1 atom stereocenters. The predicted molar refractivity (Wildman–Crippen MR) is 66.2 cm³/mol. The third-order valence-electron chi connectivity index (χ3n) is 3.04. The number of hydrogen-bond acceptors (Lipinski definition) is 6. The molecule has 0 radical (unpaired) electrons. The molecule has 0 saturated carbocycles. The van der Waals surface area contributed by atoms with Crippen molar-refractivity contribution in [1.82, 2.24) is 20.4 Å². The average molecular weight is 253 g/mol. The molecule has 18 heavy (non-hydrogen) atoms. The minimum atomic E-state index is 0.0272. The highest BCUT2D eigenvalue weighted by molar-refractivity contribution is 5.81. The van der Waals surface area contributed by atoms with Gasteiger partial charge in [-0.15, -0.1) is 5.10 Å². The smallest absolute Gasteiger partial charge is 0.318 e. The number of carbonyl (C=O) groups excluding carboxylic acids is 1. The Hall–Kier alpha value is -1.63. The molecule has 0 aliphatic carbocycles. The van der Waals surface area contributed by atoms with Crippen molar-refractivity contribution in [3.63, 3.8) is 0 Å². The molecule has 1 N–H and O–H groups in total. The first-order chi connectivity index (χ1) is 8.61. The standard InChI is InChI=1S/C11H19N5O2/c1-4-12-8(2)10-13-14-11(18-10)16-6-5-15(3)9(17)7-16/h8,12H,4-7H2,1-3H3. The summed E-state index contributed by atoms with van der Waals surface area (Å²) >= 11 is 0. The molecule has 1 saturated heterocycles. The van der Waals surface area contributed by atoms with Gasteiger partial charge in [0.25, 0.3) is 0 Å². The maximum absolute atomic E-state index is 11.6. The number of hydrogen-bond donors (Lipinski definition) is 1. The van der Waals surface area contributed by atoms with Gasteiger partial charge in [0.2, 0.25) is 11.8 Å². The molecule has 1 aromatic heterocycles. The van der Waals surface area contributed by atoms with E-state index in [1.54, 1.807) is 11.9 Å². The fraction of sp³-hybridized carbons (Fsp3) is 0.727. The van der Waals surface area contributed by atoms with E-state index >= 15 is 0 Å². The molecular formula is C11H19N5O2. The summed E-state index contributed by atoms with van der Waals surface area (Å²) in [6.45, 7) is 6.53. The molecule has 1 aromatic rings. The molecular weight excluding hydrogens is 234 g/mol. The molecule has 1 unspecified atom stereocenters. The van der Waals surface area contributed by atoms with Gasteiger partial charge in [-0.2, -0.15) is 0 Å². The molecule has 7 nitrogen and oxygen atoms in total. The van der Waals surface area contributed by atoms with E-state index in [9.17, 15) is 4.79 Å². The number of carbonyl (C=O) groups is 1. The van der Waals surface area contributed by atoms with Crippen LogP contribution in [0.25, 0.3) is 0 Å². The van der Waals surface area contributed by atoms with Crippen molar-refractivity contribution >= 4 is 11.9 Å². The molecule has 7 heteroatoms. The second-order valence-electron chi connectivity index (χ2n) is 4.44. The second-order valence-corrected chi connectivity index (χ2v) is 4.44. The van der Waals surface area contributed by atoms with E-state index in [0.717, 1.165) is 13.1 Å². The Labute approximate surface area is 106 Å². The third-order valence-corrected chi connectivity index (χ3v) is 3.04. The van der Waals surface area contributed by atoms with Gasteiger partial charge >= 0.3 is 6.01 Å². The molecule has 100 valence electrons. The van der Waals surface area contributed by atoms with Crippen LogP contribution < -0.4 is 10.2 Å². The zero-order valence-electron chi connectivity index (χ0n) is 11.0. The third kappa shape index (κ3) is 2.61. The van der Waals surface area contributed by atoms with Gasteiger partial charge in [-0.25, -0.2) is 0 Å². The lowest BCUT2D eigenvalue weighted by atomic mass is 10.3. The van der Waals surface area contributed by atoms with Crippen LogP contribution >= 0.6 is 0 Å². The topological polar surface area (TPSA) is 74.5 Å². The van der Waals surface area contributed by atoms with Gasteiger partial charge in [0.1, 0.15) is 6.54 Å². The van der Waals surface area contributed by atoms with E-state index in [0.29, 0.717) is 25.0 Å². The van der Waals surface area contributed by atoms with Crippen LogP contribution in [0.15, 0.2) is 4.42 Å². The number of nitrogens with one attached hydrogen (secondary N) is 1. The SMILES string of the molecule is CCNC(C)c1nnc(N2CCN(C)C(=O)C2)o1. The summed E-state index contributed by atoms with van der Waals surface area (Å²) in [7, 11) is 1.80. The number of anilines is 1. The first-order valence-corrected chi connectivity index (χ1v) is 6.17. The van der Waals surface area contributed by atoms with Crippen molar-refractivity contribution in [2.75, 3.05) is 38.1 Å². The van der Waals surface area contributed by atoms with Crippen LogP contribution in [0.1, 0.15) is 25.8 Å². The van der Waals surface area contributed by atoms with Crippen LogP contribution in [0.3, 0.4) is 0 Å². The Bertz CT molecular complexity index is 419. The zero-order chi connectivity index (χ0) is 13.1. The molecule has 0 bridgehead atoms. The van der Waals surface area contributed by atoms with Gasteiger partial charge in [0.15, 0.2) is 0 Å². The maximum Gasteiger partial charge on any atom is 0.318 e. The van der Waals surface area contributed by atoms with E-state index in [1.165, 1.54) is 0 Å². The molecule has 2 heterocycles. The number of piperazine rings is 1. The summed E-state index contributed by atoms with van der Waals surface area (Å²) in [6, 6.07) is 0.454. The van der Waals surface area contributed by atoms with Gasteiger partial charge < -0.3 is 19.5 Å². The highest BCUT2D eigenvalue weighted by Crippen LogP contribution is 2.18. The van der Waals surface area contributed by atoms with Crippen molar-refractivity contribution in [3.05, 3.63) is 5.89 Å². The maximum atomic E-state index is 11.6. The monoisotopic (exact) mass is 253 g/mol. The van der Waals surface area contributed by atoms with E-state index in [1.807, 2.05) is 18.7 Å². The first kappa shape index (κ1) is 12.8. The predicted octanol–water partition coefficient (Wildman–Crippen LogP) is 0.0185. The highest BCUT2D eigenvalue weighted by Gasteiger charge is 2.25. The van der Waals surface area contributed by atoms with Gasteiger partial charge in [0.05, 0.1) is 6.04 Å². The van der Waals surface area contributed by atoms with E-state index in [4.69, 9.17) is 4.42 Å². The Morgan fingerprint density at radius 3 is 2.89 bits per heavy atom. The van der Waals surface area contributed by atoms with Crippen LogP contribution in [0.5, 0.6) is 0 Å². The minimum Gasteiger partial charge on any atom is -0.406 e. The fourth-order valence-electron chi connectivity index (χ4n) is 1.84. The van der Waals surface area contributed by atoms with Gasteiger partial charge in [0, 0.05) is 20.1 Å². The van der Waals surface area contributed by atoms with E-state index in [2.05, 4.69) is 15.5 Å². The summed E-state index contributed by atoms with van der Waals surface area (Å²) < 4.78 is 5.59. The second kappa shape index (κ2) is 5.34. The molecule has 2 rings (SSSR count). The summed E-state index contributed by atoms with van der Waals surface area (Å²) in [6.07, 6.45) is 0. The van der Waals surface area contributed by atoms with Crippen LogP contribution in [0.4, 0.5) is 6.01 Å². The summed E-state index contributed by atoms with van der Waals surface area (Å²) in [5.41, 5.74) is 0. The molecule has 1 amide bonds. The van der Waals surface area contributed by atoms with Crippen molar-refractivity contribution < 1.29 is 9.21 Å². The van der Waals surface area contributed by atoms with Crippen LogP contribution in [0, 0.1) is 0 Å². The Morgan fingerprint density at radius 2 is 2.22 bits per heavy atom. The van der Waals surface area contributed by atoms with Crippen LogP contribution in [0.2, 0.25) is 0 Å². The molecule has 0 aromatic carbocycles. The molecule has 0 spiro atoms. The summed E-state index contributed by atoms with van der Waals surface area (Å²) in [5, 5.41) is 11.2. The molecule has 1 aliphatic heterocycles. The van der Waals surface area contributed by atoms with Crippen LogP contribution in [-0.4, -0.2) is 54.2 Å². The van der Waals surface area contributed by atoms with Crippen molar-refractivity contribution in [3.8, 4) is 0 Å². The summed E-state index contributed by atoms with van der Waals surface area (Å²) in [4.78, 5) is 15.1. The van der Waals surface area contributed by atoms with E-state index in [-0.39, 0.29) is 11.9 Å². The van der Waals surface area contributed by atoms with Gasteiger partial charge in [-0.3, -0.25) is 4.79 Å².